The van der Waals surface area contributed by atoms with Gasteiger partial charge in [0.05, 0.1) is 5.69 Å². The van der Waals surface area contributed by atoms with Gasteiger partial charge in [-0.05, 0) is 17.7 Å². The number of halogens is 2. The normalized spacial score (nSPS) is 20.8. The summed E-state index contributed by atoms with van der Waals surface area (Å²) in [6.07, 6.45) is 0. The van der Waals surface area contributed by atoms with Crippen LogP contribution in [0.2, 0.25) is 0 Å². The van der Waals surface area contributed by atoms with Gasteiger partial charge < -0.3 is 5.32 Å². The summed E-state index contributed by atoms with van der Waals surface area (Å²) in [5.74, 6) is 0. The number of para-hydroxylation sites is 1. The van der Waals surface area contributed by atoms with Crippen LogP contribution in [-0.2, 0) is 0 Å². The second kappa shape index (κ2) is 2.96. The molecule has 0 bridgehead atoms. The number of benzene rings is 1. The third-order valence-corrected chi connectivity index (χ3v) is 2.21. The Kier molecular flexibility index (Phi) is 1.95. The lowest BCUT2D eigenvalue weighted by atomic mass is 10.1. The zero-order valence-electron chi connectivity index (χ0n) is 6.09. The summed E-state index contributed by atoms with van der Waals surface area (Å²) in [6, 6.07) is 7.63. The zero-order valence-corrected chi connectivity index (χ0v) is 7.60. The summed E-state index contributed by atoms with van der Waals surface area (Å²) in [4.78, 5) is 4.08. The smallest absolute Gasteiger partial charge is 0.197 e. The van der Waals surface area contributed by atoms with Crippen LogP contribution in [0.1, 0.15) is 11.1 Å². The van der Waals surface area contributed by atoms with E-state index in [0.717, 1.165) is 11.3 Å². The molecule has 1 heterocycles. The molecule has 0 aliphatic carbocycles. The van der Waals surface area contributed by atoms with E-state index in [9.17, 15) is 0 Å². The highest BCUT2D eigenvalue weighted by Gasteiger charge is 2.17. The number of fused-ring (bicyclic) bond motifs is 1. The Morgan fingerprint density at radius 1 is 1.33 bits per heavy atom. The first-order valence-electron chi connectivity index (χ1n) is 3.51. The van der Waals surface area contributed by atoms with E-state index in [1.807, 2.05) is 24.3 Å². The van der Waals surface area contributed by atoms with E-state index in [2.05, 4.69) is 10.3 Å². The van der Waals surface area contributed by atoms with E-state index >= 15 is 0 Å². The van der Waals surface area contributed by atoms with Crippen LogP contribution < -0.4 is 5.32 Å². The number of hydrogen-bond donors (Lipinski definition) is 1. The van der Waals surface area contributed by atoms with Gasteiger partial charge in [-0.1, -0.05) is 29.8 Å². The Balaban J connectivity index is 2.55. The van der Waals surface area contributed by atoms with E-state index in [1.54, 1.807) is 0 Å². The average molecular weight is 201 g/mol. The van der Waals surface area contributed by atoms with Crippen molar-refractivity contribution in [3.05, 3.63) is 29.8 Å². The molecule has 0 saturated heterocycles. The molecule has 0 saturated carbocycles. The predicted molar refractivity (Wildman–Crippen MR) is 51.1 cm³/mol. The summed E-state index contributed by atoms with van der Waals surface area (Å²) in [5, 5.41) is 3.16. The second-order valence-corrected chi connectivity index (χ2v) is 3.26. The molecule has 0 fully saturated rings. The van der Waals surface area contributed by atoms with Crippen LogP contribution in [0.25, 0.3) is 0 Å². The number of nitrogens with zero attached hydrogens (tertiary/aromatic N) is 1. The molecule has 62 valence electrons. The summed E-state index contributed by atoms with van der Waals surface area (Å²) in [7, 11) is 0. The van der Waals surface area contributed by atoms with Gasteiger partial charge in [0.15, 0.2) is 5.29 Å². The number of alkyl halides is 1. The molecule has 2 nitrogen and oxygen atoms in total. The van der Waals surface area contributed by atoms with E-state index in [4.69, 9.17) is 23.2 Å². The Labute approximate surface area is 80.2 Å². The monoisotopic (exact) mass is 200 g/mol. The first kappa shape index (κ1) is 7.90. The van der Waals surface area contributed by atoms with E-state index in [-0.39, 0.29) is 5.50 Å². The third kappa shape index (κ3) is 1.28. The fraction of sp³-hybridized carbons (Fsp3) is 0.125. The molecule has 1 aromatic carbocycles. The number of amidine groups is 1. The molecule has 1 aliphatic heterocycles. The summed E-state index contributed by atoms with van der Waals surface area (Å²) in [6.45, 7) is 0. The second-order valence-electron chi connectivity index (χ2n) is 2.47. The Hall–Kier alpha value is -0.730. The number of nitrogens with one attached hydrogen (secondary N) is 1. The molecule has 0 aromatic heterocycles. The van der Waals surface area contributed by atoms with Gasteiger partial charge in [-0.3, -0.25) is 0 Å². The molecule has 4 heteroatoms. The average Bonchev–Trinajstić information content (AvgIpc) is 2.04. The van der Waals surface area contributed by atoms with Crippen molar-refractivity contribution in [2.24, 2.45) is 4.99 Å². The van der Waals surface area contributed by atoms with Gasteiger partial charge in [0.1, 0.15) is 5.50 Å². The van der Waals surface area contributed by atoms with Crippen molar-refractivity contribution >= 4 is 34.2 Å². The molecule has 1 aromatic rings. The van der Waals surface area contributed by atoms with Crippen molar-refractivity contribution in [1.82, 2.24) is 5.32 Å². The number of hydrogen-bond acceptors (Lipinski definition) is 2. The van der Waals surface area contributed by atoms with Gasteiger partial charge in [0, 0.05) is 5.56 Å². The lowest BCUT2D eigenvalue weighted by molar-refractivity contribution is 0.866. The Bertz CT molecular complexity index is 336. The van der Waals surface area contributed by atoms with Crippen molar-refractivity contribution in [3.8, 4) is 0 Å². The van der Waals surface area contributed by atoms with Crippen molar-refractivity contribution in [3.63, 3.8) is 0 Å². The first-order chi connectivity index (χ1) is 5.77. The molecule has 1 N–H and O–H groups in total. The van der Waals surface area contributed by atoms with Crippen LogP contribution in [-0.4, -0.2) is 5.29 Å². The molecule has 1 atom stereocenters. The molecule has 0 spiro atoms. The maximum Gasteiger partial charge on any atom is 0.197 e. The predicted octanol–water partition coefficient (Wildman–Crippen LogP) is 2.75. The van der Waals surface area contributed by atoms with Crippen LogP contribution >= 0.6 is 23.2 Å². The van der Waals surface area contributed by atoms with Crippen LogP contribution in [0.5, 0.6) is 0 Å². The third-order valence-electron chi connectivity index (χ3n) is 1.67. The first-order valence-corrected chi connectivity index (χ1v) is 4.32. The quantitative estimate of drug-likeness (QED) is 0.506. The summed E-state index contributed by atoms with van der Waals surface area (Å²) >= 11 is 11.7. The molecule has 12 heavy (non-hydrogen) atoms. The highest BCUT2D eigenvalue weighted by Crippen LogP contribution is 2.31. The largest absolute Gasteiger partial charge is 0.340 e. The van der Waals surface area contributed by atoms with Crippen LogP contribution in [0.15, 0.2) is 29.3 Å². The van der Waals surface area contributed by atoms with Gasteiger partial charge in [0.2, 0.25) is 0 Å². The molecular weight excluding hydrogens is 195 g/mol. The molecular formula is C8H6Cl2N2. The number of rotatable bonds is 0. The summed E-state index contributed by atoms with van der Waals surface area (Å²) < 4.78 is 0. The van der Waals surface area contributed by atoms with Crippen LogP contribution in [0, 0.1) is 0 Å². The van der Waals surface area contributed by atoms with Crippen molar-refractivity contribution in [2.75, 3.05) is 0 Å². The van der Waals surface area contributed by atoms with Gasteiger partial charge in [-0.15, -0.1) is 0 Å². The lowest BCUT2D eigenvalue weighted by Gasteiger charge is -2.18. The topological polar surface area (TPSA) is 24.4 Å². The maximum absolute atomic E-state index is 5.97. The fourth-order valence-corrected chi connectivity index (χ4v) is 1.67. The lowest BCUT2D eigenvalue weighted by Crippen LogP contribution is -2.23. The highest BCUT2D eigenvalue weighted by atomic mass is 35.5. The van der Waals surface area contributed by atoms with Crippen molar-refractivity contribution in [1.29, 1.82) is 0 Å². The maximum atomic E-state index is 5.97. The van der Waals surface area contributed by atoms with Gasteiger partial charge in [0.25, 0.3) is 0 Å². The van der Waals surface area contributed by atoms with E-state index < -0.39 is 0 Å². The van der Waals surface area contributed by atoms with Crippen molar-refractivity contribution < 1.29 is 0 Å². The minimum absolute atomic E-state index is 0.272. The van der Waals surface area contributed by atoms with Gasteiger partial charge in [-0.2, -0.15) is 0 Å². The Morgan fingerprint density at radius 2 is 2.08 bits per heavy atom. The molecule has 1 aliphatic rings. The number of aliphatic imine (C=N–C) groups is 1. The van der Waals surface area contributed by atoms with Crippen molar-refractivity contribution in [2.45, 2.75) is 5.50 Å². The Morgan fingerprint density at radius 3 is 2.92 bits per heavy atom. The highest BCUT2D eigenvalue weighted by molar-refractivity contribution is 6.65. The molecule has 1 unspecified atom stereocenters. The van der Waals surface area contributed by atoms with E-state index in [0.29, 0.717) is 5.29 Å². The molecule has 0 amide bonds. The van der Waals surface area contributed by atoms with Gasteiger partial charge in [-0.25, -0.2) is 4.99 Å². The molecule has 0 radical (unpaired) electrons. The van der Waals surface area contributed by atoms with Gasteiger partial charge >= 0.3 is 0 Å². The summed E-state index contributed by atoms with van der Waals surface area (Å²) in [5.41, 5.74) is 1.52. The standard InChI is InChI=1S/C8H6Cl2N2/c9-7-5-3-1-2-4-6(5)11-8(10)12-7/h1-4,7H,(H,11,12). The minimum atomic E-state index is -0.272. The SMILES string of the molecule is ClC1=Nc2ccccc2C(Cl)N1. The fourth-order valence-electron chi connectivity index (χ4n) is 1.12. The van der Waals surface area contributed by atoms with Crippen LogP contribution in [0.4, 0.5) is 5.69 Å². The minimum Gasteiger partial charge on any atom is -0.340 e. The molecule has 2 rings (SSSR count). The van der Waals surface area contributed by atoms with E-state index in [1.165, 1.54) is 0 Å². The van der Waals surface area contributed by atoms with Crippen LogP contribution in [0.3, 0.4) is 0 Å². The zero-order chi connectivity index (χ0) is 8.55.